The summed E-state index contributed by atoms with van der Waals surface area (Å²) >= 11 is -2.39. The summed E-state index contributed by atoms with van der Waals surface area (Å²) < 4.78 is 29.2. The van der Waals surface area contributed by atoms with Crippen LogP contribution in [0.2, 0.25) is 0 Å². The zero-order valence-electron chi connectivity index (χ0n) is 16.1. The van der Waals surface area contributed by atoms with Crippen molar-refractivity contribution in [2.24, 2.45) is 0 Å². The van der Waals surface area contributed by atoms with Crippen molar-refractivity contribution in [3.63, 3.8) is 0 Å². The third-order valence-corrected chi connectivity index (χ3v) is 5.31. The van der Waals surface area contributed by atoms with Crippen LogP contribution in [0.3, 0.4) is 0 Å². The Morgan fingerprint density at radius 3 is 2.29 bits per heavy atom. The maximum atomic E-state index is 13.1. The highest BCUT2D eigenvalue weighted by Gasteiger charge is 2.34. The number of anilines is 2. The van der Waals surface area contributed by atoms with Crippen molar-refractivity contribution in [2.75, 3.05) is 29.8 Å². The van der Waals surface area contributed by atoms with E-state index in [0.717, 1.165) is 11.4 Å². The van der Waals surface area contributed by atoms with E-state index in [-0.39, 0.29) is 18.0 Å². The van der Waals surface area contributed by atoms with Crippen LogP contribution >= 0.6 is 0 Å². The summed E-state index contributed by atoms with van der Waals surface area (Å²) in [6.07, 6.45) is 0. The molecule has 1 aliphatic heterocycles. The number of methoxy groups -OCH3 is 1. The van der Waals surface area contributed by atoms with Crippen LogP contribution in [0.15, 0.2) is 48.5 Å². The molecule has 150 valence electrons. The minimum absolute atomic E-state index is 0.00751. The molecule has 7 nitrogen and oxygen atoms in total. The van der Waals surface area contributed by atoms with Crippen LogP contribution in [0.25, 0.3) is 0 Å². The molecule has 1 heterocycles. The first-order valence-electron chi connectivity index (χ1n) is 9.07. The van der Waals surface area contributed by atoms with Crippen molar-refractivity contribution in [3.8, 4) is 5.75 Å². The summed E-state index contributed by atoms with van der Waals surface area (Å²) in [4.78, 5) is 17.2. The number of carbonyl (C=O) groups excluding carboxylic acids is 1. The predicted octanol–water partition coefficient (Wildman–Crippen LogP) is 2.64. The summed E-state index contributed by atoms with van der Waals surface area (Å²) in [6, 6.07) is 14.4. The zero-order valence-corrected chi connectivity index (χ0v) is 16.9. The first kappa shape index (κ1) is 20.2. The van der Waals surface area contributed by atoms with Crippen LogP contribution in [0.4, 0.5) is 11.4 Å². The third kappa shape index (κ3) is 4.28. The second-order valence-corrected chi connectivity index (χ2v) is 7.57. The van der Waals surface area contributed by atoms with E-state index in [4.69, 9.17) is 4.74 Å². The highest BCUT2D eigenvalue weighted by Crippen LogP contribution is 2.31. The maximum Gasteiger partial charge on any atom is 0.254 e. The fourth-order valence-corrected chi connectivity index (χ4v) is 4.07. The Kier molecular flexibility index (Phi) is 6.21. The average Bonchev–Trinajstić information content (AvgIpc) is 2.67. The number of hydrogen-bond acceptors (Lipinski definition) is 5. The van der Waals surface area contributed by atoms with E-state index >= 15 is 0 Å². The quantitative estimate of drug-likeness (QED) is 0.777. The van der Waals surface area contributed by atoms with Gasteiger partial charge in [0.15, 0.2) is 0 Å². The molecule has 3 rings (SSSR count). The Hall–Kier alpha value is -2.58. The zero-order chi connectivity index (χ0) is 20.3. The van der Waals surface area contributed by atoms with E-state index in [2.05, 4.69) is 9.62 Å². The third-order valence-electron chi connectivity index (χ3n) is 4.91. The molecule has 1 saturated heterocycles. The van der Waals surface area contributed by atoms with Crippen molar-refractivity contribution >= 4 is 28.5 Å². The molecule has 3 atom stereocenters. The normalized spacial score (nSPS) is 20.6. The van der Waals surface area contributed by atoms with Gasteiger partial charge in [0.1, 0.15) is 5.75 Å². The van der Waals surface area contributed by atoms with Crippen LogP contribution in [0, 0.1) is 0 Å². The fourth-order valence-electron chi connectivity index (χ4n) is 3.74. The molecule has 2 aromatic carbocycles. The van der Waals surface area contributed by atoms with E-state index in [9.17, 15) is 13.6 Å². The monoisotopic (exact) mass is 402 g/mol. The van der Waals surface area contributed by atoms with E-state index in [1.807, 2.05) is 43.0 Å². The van der Waals surface area contributed by atoms with Gasteiger partial charge in [0.2, 0.25) is 0 Å². The van der Waals surface area contributed by atoms with Gasteiger partial charge in [0.25, 0.3) is 5.91 Å². The van der Waals surface area contributed by atoms with Gasteiger partial charge in [-0.1, -0.05) is 12.1 Å². The molecule has 0 bridgehead atoms. The lowest BCUT2D eigenvalue weighted by atomic mass is 10.0. The number of nitrogens with one attached hydrogen (secondary N) is 1. The standard InChI is InChI=1S/C20H25N3O4S/c1-14-12-22(18-6-4-5-7-19(18)27-3)13-15(2)23(14)20(24)16-8-10-17(11-9-16)21-28(25)26/h4-11,14-15,21H,12-13H2,1-3H3,(H,25,26)/p-1/t14-,15+. The van der Waals surface area contributed by atoms with E-state index in [1.165, 1.54) is 0 Å². The van der Waals surface area contributed by atoms with Gasteiger partial charge in [-0.2, -0.15) is 0 Å². The van der Waals surface area contributed by atoms with Crippen LogP contribution in [0.5, 0.6) is 5.75 Å². The lowest BCUT2D eigenvalue weighted by molar-refractivity contribution is 0.0574. The summed E-state index contributed by atoms with van der Waals surface area (Å²) in [5.41, 5.74) is 1.98. The summed E-state index contributed by atoms with van der Waals surface area (Å²) in [7, 11) is 1.66. The van der Waals surface area contributed by atoms with Crippen LogP contribution < -0.4 is 14.4 Å². The van der Waals surface area contributed by atoms with Gasteiger partial charge in [0, 0.05) is 47.7 Å². The number of carbonyl (C=O) groups is 1. The van der Waals surface area contributed by atoms with Gasteiger partial charge in [-0.25, -0.2) is 0 Å². The number of nitrogens with zero attached hydrogens (tertiary/aromatic N) is 2. The SMILES string of the molecule is COc1ccccc1N1C[C@@H](C)N(C(=O)c2ccc(NS(=O)[O-])cc2)[C@@H](C)C1. The van der Waals surface area contributed by atoms with E-state index in [1.54, 1.807) is 31.4 Å². The number of piperazine rings is 1. The highest BCUT2D eigenvalue weighted by atomic mass is 32.2. The van der Waals surface area contributed by atoms with Crippen LogP contribution in [0.1, 0.15) is 24.2 Å². The van der Waals surface area contributed by atoms with E-state index in [0.29, 0.717) is 24.3 Å². The molecule has 0 aliphatic carbocycles. The predicted molar refractivity (Wildman–Crippen MR) is 109 cm³/mol. The Balaban J connectivity index is 1.75. The average molecular weight is 402 g/mol. The first-order valence-corrected chi connectivity index (χ1v) is 10.1. The Morgan fingerprint density at radius 2 is 1.71 bits per heavy atom. The van der Waals surface area contributed by atoms with Crippen molar-refractivity contribution in [3.05, 3.63) is 54.1 Å². The molecular weight excluding hydrogens is 378 g/mol. The number of benzene rings is 2. The van der Waals surface area contributed by atoms with Crippen LogP contribution in [-0.2, 0) is 11.3 Å². The number of para-hydroxylation sites is 2. The van der Waals surface area contributed by atoms with Gasteiger partial charge in [-0.05, 0) is 50.2 Å². The molecule has 1 N–H and O–H groups in total. The molecule has 1 amide bonds. The van der Waals surface area contributed by atoms with Crippen molar-refractivity contribution in [2.45, 2.75) is 25.9 Å². The van der Waals surface area contributed by atoms with Crippen molar-refractivity contribution in [1.29, 1.82) is 0 Å². The number of amides is 1. The second kappa shape index (κ2) is 8.62. The molecule has 0 spiro atoms. The van der Waals surface area contributed by atoms with Gasteiger partial charge in [-0.3, -0.25) is 9.00 Å². The number of ether oxygens (including phenoxy) is 1. The van der Waals surface area contributed by atoms with Crippen molar-refractivity contribution in [1.82, 2.24) is 4.90 Å². The second-order valence-electron chi connectivity index (χ2n) is 6.90. The fraction of sp³-hybridized carbons (Fsp3) is 0.350. The molecule has 1 unspecified atom stereocenters. The number of hydrogen-bond donors (Lipinski definition) is 1. The van der Waals surface area contributed by atoms with Crippen molar-refractivity contribution < 1.29 is 18.3 Å². The highest BCUT2D eigenvalue weighted by molar-refractivity contribution is 7.80. The molecule has 2 aromatic rings. The molecule has 0 aromatic heterocycles. The minimum Gasteiger partial charge on any atom is -0.755 e. The van der Waals surface area contributed by atoms with Gasteiger partial charge < -0.3 is 23.8 Å². The van der Waals surface area contributed by atoms with Gasteiger partial charge in [0.05, 0.1) is 12.8 Å². The Bertz CT molecular complexity index is 847. The molecular formula is C20H24N3O4S-. The van der Waals surface area contributed by atoms with Crippen LogP contribution in [-0.4, -0.2) is 51.9 Å². The smallest absolute Gasteiger partial charge is 0.254 e. The minimum atomic E-state index is -2.39. The first-order chi connectivity index (χ1) is 13.4. The number of rotatable bonds is 5. The summed E-state index contributed by atoms with van der Waals surface area (Å²) in [6.45, 7) is 5.47. The molecule has 28 heavy (non-hydrogen) atoms. The topological polar surface area (TPSA) is 84.9 Å². The largest absolute Gasteiger partial charge is 0.755 e. The Labute approximate surface area is 167 Å². The molecule has 0 radical (unpaired) electrons. The molecule has 0 saturated carbocycles. The summed E-state index contributed by atoms with van der Waals surface area (Å²) in [5, 5.41) is 0. The Morgan fingerprint density at radius 1 is 1.11 bits per heavy atom. The van der Waals surface area contributed by atoms with E-state index < -0.39 is 11.3 Å². The lowest BCUT2D eigenvalue weighted by Crippen LogP contribution is -2.58. The molecule has 1 aliphatic rings. The molecule has 8 heteroatoms. The lowest BCUT2D eigenvalue weighted by Gasteiger charge is -2.45. The summed E-state index contributed by atoms with van der Waals surface area (Å²) in [5.74, 6) is 0.759. The maximum absolute atomic E-state index is 13.1. The van der Waals surface area contributed by atoms with Gasteiger partial charge in [-0.15, -0.1) is 0 Å². The van der Waals surface area contributed by atoms with Gasteiger partial charge >= 0.3 is 0 Å². The molecule has 1 fully saturated rings.